The van der Waals surface area contributed by atoms with Gasteiger partial charge in [0.2, 0.25) is 0 Å². The molecule has 0 spiro atoms. The lowest BCUT2D eigenvalue weighted by Gasteiger charge is -2.09. The van der Waals surface area contributed by atoms with Gasteiger partial charge in [0.15, 0.2) is 0 Å². The number of rotatable bonds is 7. The van der Waals surface area contributed by atoms with E-state index in [2.05, 4.69) is 31.4 Å². The fourth-order valence-electron chi connectivity index (χ4n) is 4.12. The number of hydrogen-bond donors (Lipinski definition) is 2. The van der Waals surface area contributed by atoms with Gasteiger partial charge in [-0.15, -0.1) is 0 Å². The molecule has 0 saturated carbocycles. The molecule has 7 nitrogen and oxygen atoms in total. The van der Waals surface area contributed by atoms with Gasteiger partial charge < -0.3 is 14.5 Å². The van der Waals surface area contributed by atoms with Gasteiger partial charge in [0.05, 0.1) is 18.9 Å². The fraction of sp³-hybridized carbons (Fsp3) is 0.0333. The maximum absolute atomic E-state index is 13.3. The highest BCUT2D eigenvalue weighted by Crippen LogP contribution is 2.37. The molecule has 1 amide bonds. The molecule has 2 N–H and O–H groups in total. The van der Waals surface area contributed by atoms with E-state index in [9.17, 15) is 9.59 Å². The Morgan fingerprint density at radius 2 is 1.80 bits per heavy atom. The van der Waals surface area contributed by atoms with Crippen molar-refractivity contribution in [1.82, 2.24) is 10.4 Å². The number of aromatic amines is 1. The van der Waals surface area contributed by atoms with Crippen LogP contribution in [0.3, 0.4) is 0 Å². The van der Waals surface area contributed by atoms with Crippen molar-refractivity contribution in [2.75, 3.05) is 7.11 Å². The van der Waals surface area contributed by atoms with Crippen LogP contribution in [0, 0.1) is 0 Å². The van der Waals surface area contributed by atoms with Crippen LogP contribution in [0.15, 0.2) is 94.5 Å². The van der Waals surface area contributed by atoms with Gasteiger partial charge >= 0.3 is 5.97 Å². The Hall–Kier alpha value is -4.11. The summed E-state index contributed by atoms with van der Waals surface area (Å²) in [7, 11) is 1.52. The zero-order valence-electron chi connectivity index (χ0n) is 20.9. The second-order valence-corrected chi connectivity index (χ2v) is 10.3. The number of nitrogens with zero attached hydrogens (tertiary/aromatic N) is 1. The molecule has 0 aliphatic heterocycles. The average molecular weight is 637 g/mol. The van der Waals surface area contributed by atoms with Gasteiger partial charge in [-0.3, -0.25) is 4.79 Å². The quantitative estimate of drug-likeness (QED) is 0.0822. The average Bonchev–Trinajstić information content (AvgIpc) is 3.33. The van der Waals surface area contributed by atoms with E-state index in [1.54, 1.807) is 66.7 Å². The number of halogens is 3. The lowest BCUT2D eigenvalue weighted by molar-refractivity contribution is 0.0733. The molecule has 0 radical (unpaired) electrons. The van der Waals surface area contributed by atoms with E-state index in [1.165, 1.54) is 13.3 Å². The summed E-state index contributed by atoms with van der Waals surface area (Å²) in [6.07, 6.45) is 1.39. The van der Waals surface area contributed by atoms with E-state index in [0.29, 0.717) is 43.6 Å². The van der Waals surface area contributed by atoms with Crippen molar-refractivity contribution >= 4 is 68.1 Å². The van der Waals surface area contributed by atoms with Crippen LogP contribution >= 0.6 is 39.1 Å². The number of esters is 1. The first-order valence-electron chi connectivity index (χ1n) is 11.9. The number of hydrazone groups is 1. The first-order chi connectivity index (χ1) is 19.3. The summed E-state index contributed by atoms with van der Waals surface area (Å²) in [4.78, 5) is 29.2. The first kappa shape index (κ1) is 27.5. The number of methoxy groups -OCH3 is 1. The Labute approximate surface area is 247 Å². The van der Waals surface area contributed by atoms with Crippen molar-refractivity contribution in [2.45, 2.75) is 0 Å². The molecule has 200 valence electrons. The summed E-state index contributed by atoms with van der Waals surface area (Å²) in [6, 6.07) is 24.2. The van der Waals surface area contributed by atoms with Gasteiger partial charge in [0, 0.05) is 42.1 Å². The molecule has 10 heteroatoms. The number of amides is 1. The fourth-order valence-corrected chi connectivity index (χ4v) is 4.90. The summed E-state index contributed by atoms with van der Waals surface area (Å²) in [5.41, 5.74) is 5.59. The summed E-state index contributed by atoms with van der Waals surface area (Å²) >= 11 is 16.2. The molecular weight excluding hydrogens is 617 g/mol. The van der Waals surface area contributed by atoms with Crippen LogP contribution in [0.2, 0.25) is 10.0 Å². The molecular formula is C30H20BrCl2N3O4. The first-order valence-corrected chi connectivity index (χ1v) is 13.4. The highest BCUT2D eigenvalue weighted by Gasteiger charge is 2.21. The highest BCUT2D eigenvalue weighted by molar-refractivity contribution is 9.10. The number of benzene rings is 4. The number of H-pyrrole nitrogens is 1. The van der Waals surface area contributed by atoms with E-state index in [4.69, 9.17) is 32.7 Å². The summed E-state index contributed by atoms with van der Waals surface area (Å²) in [5.74, 6) is -0.277. The number of fused-ring (bicyclic) bond motifs is 1. The normalized spacial score (nSPS) is 11.1. The predicted molar refractivity (Wildman–Crippen MR) is 161 cm³/mol. The Kier molecular flexibility index (Phi) is 8.21. The molecule has 40 heavy (non-hydrogen) atoms. The Bertz CT molecular complexity index is 1780. The summed E-state index contributed by atoms with van der Waals surface area (Å²) < 4.78 is 11.5. The van der Waals surface area contributed by atoms with Crippen LogP contribution in [-0.4, -0.2) is 30.2 Å². The number of aromatic nitrogens is 1. The van der Waals surface area contributed by atoms with Crippen LogP contribution in [0.1, 0.15) is 26.4 Å². The van der Waals surface area contributed by atoms with Gasteiger partial charge in [-0.1, -0.05) is 63.4 Å². The molecule has 5 rings (SSSR count). The van der Waals surface area contributed by atoms with Crippen molar-refractivity contribution in [2.24, 2.45) is 5.10 Å². The van der Waals surface area contributed by atoms with Crippen LogP contribution in [0.5, 0.6) is 11.5 Å². The lowest BCUT2D eigenvalue weighted by Crippen LogP contribution is -2.19. The number of hydrogen-bond acceptors (Lipinski definition) is 5. The third-order valence-electron chi connectivity index (χ3n) is 5.98. The topological polar surface area (TPSA) is 92.8 Å². The standard InChI is InChI=1S/C30H20BrCl2N3O4/c1-39-21-6-4-5-17(14-21)30(38)40-26-12-9-19(31)13-18(26)16-34-36-29(37)28-27(22-7-2-3-8-24(22)33)23-15-20(32)10-11-25(23)35-28/h2-16,35H,1H3,(H,36,37). The molecule has 5 aromatic rings. The molecule has 0 unspecified atom stereocenters. The van der Waals surface area contributed by atoms with Crippen molar-refractivity contribution in [3.05, 3.63) is 116 Å². The third kappa shape index (κ3) is 5.89. The third-order valence-corrected chi connectivity index (χ3v) is 7.04. The SMILES string of the molecule is COc1cccc(C(=O)Oc2ccc(Br)cc2C=NNC(=O)c2[nH]c3ccc(Cl)cc3c2-c2ccccc2Cl)c1. The highest BCUT2D eigenvalue weighted by atomic mass is 79.9. The Morgan fingerprint density at radius 1 is 0.975 bits per heavy atom. The van der Waals surface area contributed by atoms with Crippen molar-refractivity contribution in [3.8, 4) is 22.6 Å². The van der Waals surface area contributed by atoms with Gasteiger partial charge in [0.25, 0.3) is 5.91 Å². The van der Waals surface area contributed by atoms with Crippen LogP contribution in [-0.2, 0) is 0 Å². The van der Waals surface area contributed by atoms with Crippen LogP contribution in [0.25, 0.3) is 22.0 Å². The smallest absolute Gasteiger partial charge is 0.343 e. The minimum absolute atomic E-state index is 0.256. The maximum atomic E-state index is 13.3. The van der Waals surface area contributed by atoms with Gasteiger partial charge in [0.1, 0.15) is 17.2 Å². The van der Waals surface area contributed by atoms with E-state index >= 15 is 0 Å². The van der Waals surface area contributed by atoms with Crippen molar-refractivity contribution in [1.29, 1.82) is 0 Å². The molecule has 0 atom stereocenters. The summed E-state index contributed by atoms with van der Waals surface area (Å²) in [6.45, 7) is 0. The molecule has 0 aliphatic rings. The van der Waals surface area contributed by atoms with Gasteiger partial charge in [-0.2, -0.15) is 5.10 Å². The summed E-state index contributed by atoms with van der Waals surface area (Å²) in [5, 5.41) is 5.89. The zero-order valence-corrected chi connectivity index (χ0v) is 24.0. The minimum Gasteiger partial charge on any atom is -0.497 e. The maximum Gasteiger partial charge on any atom is 0.343 e. The number of carbonyl (C=O) groups is 2. The zero-order chi connectivity index (χ0) is 28.2. The monoisotopic (exact) mass is 635 g/mol. The molecule has 0 aliphatic carbocycles. The Balaban J connectivity index is 1.42. The van der Waals surface area contributed by atoms with Crippen LogP contribution < -0.4 is 14.9 Å². The second kappa shape index (κ2) is 12.0. The van der Waals surface area contributed by atoms with Crippen molar-refractivity contribution < 1.29 is 19.1 Å². The van der Waals surface area contributed by atoms with E-state index in [1.807, 2.05) is 18.2 Å². The predicted octanol–water partition coefficient (Wildman–Crippen LogP) is 7.90. The number of ether oxygens (including phenoxy) is 2. The minimum atomic E-state index is -0.568. The van der Waals surface area contributed by atoms with Crippen LogP contribution in [0.4, 0.5) is 0 Å². The van der Waals surface area contributed by atoms with E-state index in [0.717, 1.165) is 9.86 Å². The number of nitrogens with one attached hydrogen (secondary N) is 2. The molecule has 0 fully saturated rings. The van der Waals surface area contributed by atoms with Gasteiger partial charge in [-0.25, -0.2) is 10.2 Å². The largest absolute Gasteiger partial charge is 0.497 e. The molecule has 1 heterocycles. The van der Waals surface area contributed by atoms with E-state index < -0.39 is 11.9 Å². The van der Waals surface area contributed by atoms with E-state index in [-0.39, 0.29) is 11.4 Å². The molecule has 0 saturated heterocycles. The molecule has 0 bridgehead atoms. The van der Waals surface area contributed by atoms with Crippen molar-refractivity contribution in [3.63, 3.8) is 0 Å². The molecule has 1 aromatic heterocycles. The van der Waals surface area contributed by atoms with Gasteiger partial charge in [-0.05, 0) is 60.7 Å². The second-order valence-electron chi connectivity index (χ2n) is 8.55. The molecule has 4 aromatic carbocycles. The lowest BCUT2D eigenvalue weighted by atomic mass is 10.0. The Morgan fingerprint density at radius 3 is 2.60 bits per heavy atom. The number of carbonyl (C=O) groups excluding carboxylic acids is 2.